The van der Waals surface area contributed by atoms with Crippen molar-refractivity contribution >= 4 is 17.3 Å². The van der Waals surface area contributed by atoms with Crippen molar-refractivity contribution < 1.29 is 4.74 Å². The lowest BCUT2D eigenvalue weighted by Crippen LogP contribution is -1.97. The first-order chi connectivity index (χ1) is 3.30. The molecule has 40 valence electrons. The summed E-state index contributed by atoms with van der Waals surface area (Å²) in [7, 11) is 0. The van der Waals surface area contributed by atoms with E-state index in [2.05, 4.69) is 6.92 Å². The Balaban J connectivity index is 2.48. The minimum atomic E-state index is 0.523. The lowest BCUT2D eigenvalue weighted by molar-refractivity contribution is 0.351. The fourth-order valence-electron chi connectivity index (χ4n) is 0.596. The molecule has 0 aromatic carbocycles. The summed E-state index contributed by atoms with van der Waals surface area (Å²) < 4.78 is 5.00. The van der Waals surface area contributed by atoms with E-state index >= 15 is 0 Å². The van der Waals surface area contributed by atoms with Crippen molar-refractivity contribution in [2.45, 2.75) is 13.3 Å². The van der Waals surface area contributed by atoms with Gasteiger partial charge in [0.15, 0.2) is 5.05 Å². The van der Waals surface area contributed by atoms with Crippen LogP contribution >= 0.6 is 12.2 Å². The third-order valence-electron chi connectivity index (χ3n) is 1.20. The third kappa shape index (κ3) is 0.911. The maximum atomic E-state index is 5.00. The maximum Gasteiger partial charge on any atom is 0.162 e. The molecule has 1 aliphatic rings. The van der Waals surface area contributed by atoms with Gasteiger partial charge in [0, 0.05) is 5.92 Å². The Morgan fingerprint density at radius 2 is 2.57 bits per heavy atom. The second-order valence-corrected chi connectivity index (χ2v) is 2.26. The summed E-state index contributed by atoms with van der Waals surface area (Å²) in [4.78, 5) is 0. The van der Waals surface area contributed by atoms with Crippen LogP contribution in [-0.4, -0.2) is 11.7 Å². The molecule has 0 bridgehead atoms. The Bertz CT molecular complexity index is 90.1. The highest BCUT2D eigenvalue weighted by atomic mass is 32.1. The molecule has 0 N–H and O–H groups in total. The van der Waals surface area contributed by atoms with Crippen molar-refractivity contribution in [3.05, 3.63) is 0 Å². The molecule has 7 heavy (non-hydrogen) atoms. The van der Waals surface area contributed by atoms with Crippen molar-refractivity contribution in [3.63, 3.8) is 0 Å². The largest absolute Gasteiger partial charge is 0.487 e. The molecule has 0 spiro atoms. The van der Waals surface area contributed by atoms with Gasteiger partial charge in [-0.05, 0) is 18.6 Å². The van der Waals surface area contributed by atoms with Crippen molar-refractivity contribution in [2.24, 2.45) is 5.92 Å². The Hall–Kier alpha value is -0.110. The third-order valence-corrected chi connectivity index (χ3v) is 1.72. The average Bonchev–Trinajstić information content (AvgIpc) is 1.91. The lowest BCUT2D eigenvalue weighted by atomic mass is 10.2. The van der Waals surface area contributed by atoms with Crippen LogP contribution in [0.3, 0.4) is 0 Å². The number of hydrogen-bond donors (Lipinski definition) is 0. The van der Waals surface area contributed by atoms with E-state index in [0.29, 0.717) is 5.92 Å². The quantitative estimate of drug-likeness (QED) is 0.442. The van der Waals surface area contributed by atoms with Gasteiger partial charge >= 0.3 is 0 Å². The van der Waals surface area contributed by atoms with E-state index in [9.17, 15) is 0 Å². The predicted molar refractivity (Wildman–Crippen MR) is 32.3 cm³/mol. The minimum Gasteiger partial charge on any atom is -0.487 e. The van der Waals surface area contributed by atoms with Crippen LogP contribution in [0.4, 0.5) is 0 Å². The molecule has 0 saturated carbocycles. The normalized spacial score (nSPS) is 30.4. The summed E-state index contributed by atoms with van der Waals surface area (Å²) in [5.74, 6) is 0.523. The van der Waals surface area contributed by atoms with E-state index in [1.807, 2.05) is 0 Å². The number of rotatable bonds is 0. The van der Waals surface area contributed by atoms with Gasteiger partial charge in [0.1, 0.15) is 0 Å². The monoisotopic (exact) mass is 116 g/mol. The second-order valence-electron chi connectivity index (χ2n) is 1.86. The molecule has 0 aliphatic carbocycles. The van der Waals surface area contributed by atoms with Crippen molar-refractivity contribution in [1.29, 1.82) is 0 Å². The van der Waals surface area contributed by atoms with Crippen molar-refractivity contribution in [2.75, 3.05) is 6.61 Å². The standard InChI is InChI=1S/C5H8OS/c1-4-2-3-6-5(4)7/h4H,2-3H2,1H3. The highest BCUT2D eigenvalue weighted by Crippen LogP contribution is 2.13. The van der Waals surface area contributed by atoms with Gasteiger partial charge in [0.05, 0.1) is 6.61 Å². The van der Waals surface area contributed by atoms with E-state index in [1.165, 1.54) is 0 Å². The van der Waals surface area contributed by atoms with Gasteiger partial charge < -0.3 is 4.74 Å². The summed E-state index contributed by atoms with van der Waals surface area (Å²) in [6.07, 6.45) is 1.11. The first-order valence-corrected chi connectivity index (χ1v) is 2.88. The first kappa shape index (κ1) is 5.04. The molecule has 1 fully saturated rings. The van der Waals surface area contributed by atoms with E-state index < -0.39 is 0 Å². The zero-order valence-electron chi connectivity index (χ0n) is 4.31. The number of thiocarbonyl (C=S) groups is 1. The Labute approximate surface area is 48.7 Å². The smallest absolute Gasteiger partial charge is 0.162 e. The Morgan fingerprint density at radius 3 is 2.71 bits per heavy atom. The van der Waals surface area contributed by atoms with Crippen LogP contribution in [0.25, 0.3) is 0 Å². The van der Waals surface area contributed by atoms with E-state index in [0.717, 1.165) is 18.1 Å². The molecule has 0 aromatic rings. The molecule has 0 aromatic heterocycles. The zero-order chi connectivity index (χ0) is 5.28. The van der Waals surface area contributed by atoms with Gasteiger partial charge in [-0.3, -0.25) is 0 Å². The van der Waals surface area contributed by atoms with Crippen LogP contribution in [0.15, 0.2) is 0 Å². The summed E-state index contributed by atoms with van der Waals surface area (Å²) in [5.41, 5.74) is 0. The SMILES string of the molecule is CC1CCOC1=S. The molecule has 0 amide bonds. The molecule has 0 radical (unpaired) electrons. The molecule has 1 saturated heterocycles. The molecule has 1 atom stereocenters. The fourth-order valence-corrected chi connectivity index (χ4v) is 0.798. The molecule has 1 aliphatic heterocycles. The molecule has 1 nitrogen and oxygen atoms in total. The molecular formula is C5H8OS. The van der Waals surface area contributed by atoms with Gasteiger partial charge in [-0.25, -0.2) is 0 Å². The van der Waals surface area contributed by atoms with E-state index in [4.69, 9.17) is 17.0 Å². The molecule has 1 heterocycles. The van der Waals surface area contributed by atoms with Crippen LogP contribution in [0.5, 0.6) is 0 Å². The zero-order valence-corrected chi connectivity index (χ0v) is 5.12. The predicted octanol–water partition coefficient (Wildman–Crippen LogP) is 1.37. The summed E-state index contributed by atoms with van der Waals surface area (Å²) in [6, 6.07) is 0. The molecule has 2 heteroatoms. The van der Waals surface area contributed by atoms with Crippen molar-refractivity contribution in [1.82, 2.24) is 0 Å². The van der Waals surface area contributed by atoms with Crippen LogP contribution in [0, 0.1) is 5.92 Å². The van der Waals surface area contributed by atoms with Gasteiger partial charge in [-0.15, -0.1) is 0 Å². The molecule has 1 rings (SSSR count). The second kappa shape index (κ2) is 1.78. The van der Waals surface area contributed by atoms with Gasteiger partial charge in [0.25, 0.3) is 0 Å². The lowest BCUT2D eigenvalue weighted by Gasteiger charge is -1.93. The topological polar surface area (TPSA) is 9.23 Å². The van der Waals surface area contributed by atoms with Crippen LogP contribution in [0.2, 0.25) is 0 Å². The highest BCUT2D eigenvalue weighted by Gasteiger charge is 2.16. The summed E-state index contributed by atoms with van der Waals surface area (Å²) in [5, 5.41) is 0.792. The number of ether oxygens (including phenoxy) is 1. The van der Waals surface area contributed by atoms with Crippen LogP contribution < -0.4 is 0 Å². The Morgan fingerprint density at radius 1 is 1.86 bits per heavy atom. The summed E-state index contributed by atoms with van der Waals surface area (Å²) in [6.45, 7) is 2.93. The first-order valence-electron chi connectivity index (χ1n) is 2.47. The van der Waals surface area contributed by atoms with Gasteiger partial charge in [0.2, 0.25) is 0 Å². The highest BCUT2D eigenvalue weighted by molar-refractivity contribution is 7.80. The van der Waals surface area contributed by atoms with Crippen LogP contribution in [-0.2, 0) is 4.74 Å². The summed E-state index contributed by atoms with van der Waals surface area (Å²) >= 11 is 4.82. The Kier molecular flexibility index (Phi) is 1.28. The molecular weight excluding hydrogens is 108 g/mol. The maximum absolute atomic E-state index is 5.00. The van der Waals surface area contributed by atoms with Gasteiger partial charge in [-0.1, -0.05) is 6.92 Å². The van der Waals surface area contributed by atoms with E-state index in [-0.39, 0.29) is 0 Å². The van der Waals surface area contributed by atoms with Crippen LogP contribution in [0.1, 0.15) is 13.3 Å². The van der Waals surface area contributed by atoms with E-state index in [1.54, 1.807) is 0 Å². The van der Waals surface area contributed by atoms with Gasteiger partial charge in [-0.2, -0.15) is 0 Å². The minimum absolute atomic E-state index is 0.523. The van der Waals surface area contributed by atoms with Crippen molar-refractivity contribution in [3.8, 4) is 0 Å². The fraction of sp³-hybridized carbons (Fsp3) is 0.800. The molecule has 1 unspecified atom stereocenters. The average molecular weight is 116 g/mol. The number of hydrogen-bond acceptors (Lipinski definition) is 2.